The van der Waals surface area contributed by atoms with Crippen LogP contribution < -0.4 is 5.73 Å². The third-order valence-corrected chi connectivity index (χ3v) is 4.33. The Kier molecular flexibility index (Phi) is 4.35. The molecular weight excluding hydrogens is 258 g/mol. The third kappa shape index (κ3) is 3.22. The monoisotopic (exact) mass is 275 g/mol. The lowest BCUT2D eigenvalue weighted by atomic mass is 10.1. The van der Waals surface area contributed by atoms with Crippen LogP contribution in [0.5, 0.6) is 0 Å². The number of nitrogens with zero attached hydrogens (tertiary/aromatic N) is 2. The number of hydrogen-bond donors (Lipinski definition) is 1. The molecule has 1 amide bonds. The van der Waals surface area contributed by atoms with E-state index >= 15 is 0 Å². The molecule has 1 aliphatic heterocycles. The van der Waals surface area contributed by atoms with Crippen LogP contribution in [0.4, 0.5) is 0 Å². The minimum absolute atomic E-state index is 0.00135. The number of nitriles is 1. The maximum atomic E-state index is 12.0. The van der Waals surface area contributed by atoms with Crippen LogP contribution in [0.3, 0.4) is 0 Å². The number of amides is 1. The molecule has 0 aromatic carbocycles. The van der Waals surface area contributed by atoms with Crippen molar-refractivity contribution in [2.75, 3.05) is 6.54 Å². The average Bonchev–Trinajstić information content (AvgIpc) is 2.86. The Morgan fingerprint density at radius 3 is 3.21 bits per heavy atom. The molecule has 5 heteroatoms. The zero-order valence-corrected chi connectivity index (χ0v) is 11.7. The summed E-state index contributed by atoms with van der Waals surface area (Å²) in [6.45, 7) is 3.30. The Morgan fingerprint density at radius 1 is 1.74 bits per heavy atom. The van der Waals surface area contributed by atoms with Gasteiger partial charge in [-0.15, -0.1) is 11.3 Å². The first kappa shape index (κ1) is 13.8. The fourth-order valence-electron chi connectivity index (χ4n) is 2.01. The number of rotatable bonds is 3. The predicted octanol–water partition coefficient (Wildman–Crippen LogP) is 1.80. The van der Waals surface area contributed by atoms with E-state index in [1.165, 1.54) is 16.9 Å². The van der Waals surface area contributed by atoms with Gasteiger partial charge >= 0.3 is 0 Å². The summed E-state index contributed by atoms with van der Waals surface area (Å²) in [6.07, 6.45) is 4.97. The molecule has 0 fully saturated rings. The molecule has 1 aromatic heterocycles. The van der Waals surface area contributed by atoms with Gasteiger partial charge in [-0.2, -0.15) is 5.26 Å². The van der Waals surface area contributed by atoms with E-state index in [-0.39, 0.29) is 11.9 Å². The summed E-state index contributed by atoms with van der Waals surface area (Å²) in [5, 5.41) is 8.89. The first-order chi connectivity index (χ1) is 9.13. The Morgan fingerprint density at radius 2 is 2.53 bits per heavy atom. The summed E-state index contributed by atoms with van der Waals surface area (Å²) < 4.78 is 0. The topological polar surface area (TPSA) is 70.1 Å². The van der Waals surface area contributed by atoms with E-state index in [1.807, 2.05) is 13.0 Å². The zero-order valence-electron chi connectivity index (χ0n) is 10.9. The molecule has 2 rings (SSSR count). The fourth-order valence-corrected chi connectivity index (χ4v) is 3.04. The summed E-state index contributed by atoms with van der Waals surface area (Å²) in [7, 11) is 0. The van der Waals surface area contributed by atoms with Gasteiger partial charge in [-0.1, -0.05) is 13.0 Å². The van der Waals surface area contributed by atoms with Gasteiger partial charge in [-0.05, 0) is 24.5 Å². The van der Waals surface area contributed by atoms with E-state index in [4.69, 9.17) is 11.0 Å². The molecule has 0 saturated heterocycles. The fraction of sp³-hybridized carbons (Fsp3) is 0.429. The van der Waals surface area contributed by atoms with Crippen LogP contribution in [-0.2, 0) is 17.8 Å². The van der Waals surface area contributed by atoms with Crippen molar-refractivity contribution >= 4 is 17.2 Å². The zero-order chi connectivity index (χ0) is 13.8. The van der Waals surface area contributed by atoms with E-state index < -0.39 is 0 Å². The van der Waals surface area contributed by atoms with Gasteiger partial charge in [0.15, 0.2) is 0 Å². The van der Waals surface area contributed by atoms with Gasteiger partial charge in [0.2, 0.25) is 5.91 Å². The second kappa shape index (κ2) is 6.00. The molecule has 0 aliphatic carbocycles. The van der Waals surface area contributed by atoms with Gasteiger partial charge in [0, 0.05) is 23.5 Å². The highest BCUT2D eigenvalue weighted by atomic mass is 32.1. The van der Waals surface area contributed by atoms with Crippen LogP contribution in [0.1, 0.15) is 28.7 Å². The maximum absolute atomic E-state index is 12.0. The van der Waals surface area contributed by atoms with Crippen molar-refractivity contribution in [2.24, 2.45) is 5.73 Å². The van der Waals surface area contributed by atoms with Crippen LogP contribution in [0.2, 0.25) is 0 Å². The molecule has 0 bridgehead atoms. The molecule has 19 heavy (non-hydrogen) atoms. The van der Waals surface area contributed by atoms with Crippen molar-refractivity contribution in [1.82, 2.24) is 4.90 Å². The SMILES string of the molecule is CCC(N)/C=C/C(=O)N1CCc2cc(C#N)sc2C1. The molecule has 4 nitrogen and oxygen atoms in total. The Balaban J connectivity index is 2.03. The highest BCUT2D eigenvalue weighted by Crippen LogP contribution is 2.27. The molecule has 0 spiro atoms. The summed E-state index contributed by atoms with van der Waals surface area (Å²) in [5.41, 5.74) is 6.97. The van der Waals surface area contributed by atoms with Gasteiger partial charge < -0.3 is 10.6 Å². The molecule has 1 atom stereocenters. The number of carbonyl (C=O) groups excluding carboxylic acids is 1. The standard InChI is InChI=1S/C14H17N3OS/c1-2-11(16)3-4-14(18)17-6-5-10-7-12(8-15)19-13(10)9-17/h3-4,7,11H,2,5-6,9,16H2,1H3/b4-3+. The molecule has 1 unspecified atom stereocenters. The smallest absolute Gasteiger partial charge is 0.246 e. The average molecular weight is 275 g/mol. The van der Waals surface area contributed by atoms with E-state index in [9.17, 15) is 4.79 Å². The minimum Gasteiger partial charge on any atom is -0.334 e. The lowest BCUT2D eigenvalue weighted by molar-refractivity contribution is -0.126. The highest BCUT2D eigenvalue weighted by molar-refractivity contribution is 7.12. The van der Waals surface area contributed by atoms with E-state index in [2.05, 4.69) is 6.07 Å². The predicted molar refractivity (Wildman–Crippen MR) is 75.6 cm³/mol. The summed E-state index contributed by atoms with van der Waals surface area (Å²) >= 11 is 1.48. The van der Waals surface area contributed by atoms with Crippen LogP contribution in [0.15, 0.2) is 18.2 Å². The molecule has 0 radical (unpaired) electrons. The second-order valence-electron chi connectivity index (χ2n) is 4.61. The van der Waals surface area contributed by atoms with Crippen molar-refractivity contribution < 1.29 is 4.79 Å². The number of carbonyl (C=O) groups is 1. The summed E-state index contributed by atoms with van der Waals surface area (Å²) in [4.78, 5) is 15.7. The second-order valence-corrected chi connectivity index (χ2v) is 5.75. The van der Waals surface area contributed by atoms with E-state index in [1.54, 1.807) is 17.1 Å². The molecule has 1 aromatic rings. The van der Waals surface area contributed by atoms with Gasteiger partial charge in [0.25, 0.3) is 0 Å². The van der Waals surface area contributed by atoms with Crippen molar-refractivity contribution in [3.05, 3.63) is 33.5 Å². The number of nitrogens with two attached hydrogens (primary N) is 1. The molecular formula is C14H17N3OS. The number of fused-ring (bicyclic) bond motifs is 1. The van der Waals surface area contributed by atoms with Crippen molar-refractivity contribution in [3.63, 3.8) is 0 Å². The third-order valence-electron chi connectivity index (χ3n) is 3.26. The Hall–Kier alpha value is -1.64. The van der Waals surface area contributed by atoms with Crippen LogP contribution >= 0.6 is 11.3 Å². The van der Waals surface area contributed by atoms with Gasteiger partial charge in [-0.25, -0.2) is 0 Å². The summed E-state index contributed by atoms with van der Waals surface area (Å²) in [6, 6.07) is 4.04. The van der Waals surface area contributed by atoms with E-state index in [0.717, 1.165) is 22.6 Å². The maximum Gasteiger partial charge on any atom is 0.246 e. The Labute approximate surface area is 117 Å². The molecule has 100 valence electrons. The van der Waals surface area contributed by atoms with Gasteiger partial charge in [-0.3, -0.25) is 4.79 Å². The van der Waals surface area contributed by atoms with Crippen LogP contribution in [-0.4, -0.2) is 23.4 Å². The van der Waals surface area contributed by atoms with Gasteiger partial charge in [0.1, 0.15) is 10.9 Å². The number of hydrogen-bond acceptors (Lipinski definition) is 4. The van der Waals surface area contributed by atoms with Crippen molar-refractivity contribution in [1.29, 1.82) is 5.26 Å². The Bertz CT molecular complexity index is 541. The molecule has 2 heterocycles. The van der Waals surface area contributed by atoms with E-state index in [0.29, 0.717) is 13.1 Å². The lowest BCUT2D eigenvalue weighted by Crippen LogP contribution is -2.34. The largest absolute Gasteiger partial charge is 0.334 e. The minimum atomic E-state index is -0.0590. The quantitative estimate of drug-likeness (QED) is 0.855. The molecule has 2 N–H and O–H groups in total. The lowest BCUT2D eigenvalue weighted by Gasteiger charge is -2.25. The molecule has 0 saturated carbocycles. The summed E-state index contributed by atoms with van der Waals surface area (Å²) in [5.74, 6) is 0.00135. The van der Waals surface area contributed by atoms with Crippen molar-refractivity contribution in [3.8, 4) is 6.07 Å². The molecule has 1 aliphatic rings. The van der Waals surface area contributed by atoms with Crippen LogP contribution in [0.25, 0.3) is 0 Å². The first-order valence-electron chi connectivity index (χ1n) is 6.38. The highest BCUT2D eigenvalue weighted by Gasteiger charge is 2.21. The first-order valence-corrected chi connectivity index (χ1v) is 7.20. The van der Waals surface area contributed by atoms with Crippen molar-refractivity contribution in [2.45, 2.75) is 32.4 Å². The van der Waals surface area contributed by atoms with Gasteiger partial charge in [0.05, 0.1) is 6.54 Å². The number of thiophene rings is 1. The normalized spacial score (nSPS) is 16.2. The van der Waals surface area contributed by atoms with Crippen LogP contribution in [0, 0.1) is 11.3 Å².